The van der Waals surface area contributed by atoms with Gasteiger partial charge in [-0.05, 0) is 12.5 Å². The van der Waals surface area contributed by atoms with Crippen LogP contribution in [0.2, 0.25) is 0 Å². The number of aliphatic imine (C=N–C) groups is 1. The fraction of sp³-hybridized carbons (Fsp3) is 0.556. The van der Waals surface area contributed by atoms with Crippen LogP contribution in [0.3, 0.4) is 0 Å². The lowest BCUT2D eigenvalue weighted by Gasteiger charge is -2.23. The maximum atomic E-state index is 11.8. The molecular weight excluding hydrogens is 304 g/mol. The number of methoxy groups -OCH3 is 1. The third-order valence-corrected chi connectivity index (χ3v) is 3.64. The van der Waals surface area contributed by atoms with Gasteiger partial charge in [-0.3, -0.25) is 4.79 Å². The van der Waals surface area contributed by atoms with E-state index in [0.29, 0.717) is 6.54 Å². The van der Waals surface area contributed by atoms with Crippen LogP contribution in [0.25, 0.3) is 0 Å². The molecule has 0 saturated heterocycles. The van der Waals surface area contributed by atoms with Crippen molar-refractivity contribution in [3.63, 3.8) is 0 Å². The van der Waals surface area contributed by atoms with E-state index in [2.05, 4.69) is 17.2 Å². The Kier molecular flexibility index (Phi) is 8.68. The van der Waals surface area contributed by atoms with Crippen LogP contribution in [-0.4, -0.2) is 63.0 Å². The molecule has 1 aromatic rings. The first-order chi connectivity index (χ1) is 11.5. The van der Waals surface area contributed by atoms with Gasteiger partial charge >= 0.3 is 0 Å². The number of carbonyl (C=O) groups is 1. The Morgan fingerprint density at radius 1 is 1.25 bits per heavy atom. The van der Waals surface area contributed by atoms with E-state index in [4.69, 9.17) is 4.74 Å². The zero-order valence-electron chi connectivity index (χ0n) is 15.5. The highest BCUT2D eigenvalue weighted by Crippen LogP contribution is 2.18. The number of nitrogens with zero attached hydrogens (tertiary/aromatic N) is 3. The van der Waals surface area contributed by atoms with Crippen molar-refractivity contribution in [2.75, 3.05) is 41.3 Å². The number of nitrogens with one attached hydrogen (secondary N) is 1. The van der Waals surface area contributed by atoms with E-state index in [1.807, 2.05) is 36.2 Å². The number of hydrogen-bond donors (Lipinski definition) is 1. The number of likely N-dealkylation sites (N-methyl/N-ethyl adjacent to an activating group) is 1. The highest BCUT2D eigenvalue weighted by Gasteiger charge is 2.11. The molecule has 0 radical (unpaired) electrons. The molecule has 6 heteroatoms. The maximum Gasteiger partial charge on any atom is 0.243 e. The van der Waals surface area contributed by atoms with E-state index in [1.165, 1.54) is 0 Å². The predicted octanol–water partition coefficient (Wildman–Crippen LogP) is 1.96. The number of para-hydroxylation sites is 1. The van der Waals surface area contributed by atoms with Crippen LogP contribution >= 0.6 is 0 Å². The summed E-state index contributed by atoms with van der Waals surface area (Å²) in [6.45, 7) is 3.77. The van der Waals surface area contributed by atoms with Crippen LogP contribution < -0.4 is 10.1 Å². The number of unbranched alkanes of at least 4 members (excludes halogenated alkanes) is 1. The molecule has 0 saturated carbocycles. The van der Waals surface area contributed by atoms with E-state index in [9.17, 15) is 4.79 Å². The molecule has 134 valence electrons. The quantitative estimate of drug-likeness (QED) is 0.449. The third-order valence-electron chi connectivity index (χ3n) is 3.64. The fourth-order valence-electron chi connectivity index (χ4n) is 2.14. The zero-order chi connectivity index (χ0) is 17.9. The molecule has 0 aliphatic rings. The van der Waals surface area contributed by atoms with Gasteiger partial charge in [-0.15, -0.1) is 0 Å². The first-order valence-electron chi connectivity index (χ1n) is 8.31. The third kappa shape index (κ3) is 6.48. The Labute approximate surface area is 145 Å². The molecule has 1 amide bonds. The minimum atomic E-state index is -0.0181. The van der Waals surface area contributed by atoms with Crippen molar-refractivity contribution in [2.24, 2.45) is 4.99 Å². The predicted molar refractivity (Wildman–Crippen MR) is 98.4 cm³/mol. The molecule has 0 unspecified atom stereocenters. The topological polar surface area (TPSA) is 57.2 Å². The van der Waals surface area contributed by atoms with Gasteiger partial charge in [-0.2, -0.15) is 0 Å². The highest BCUT2D eigenvalue weighted by atomic mass is 16.5. The normalized spacial score (nSPS) is 11.1. The Bertz CT molecular complexity index is 544. The van der Waals surface area contributed by atoms with Crippen molar-refractivity contribution in [1.29, 1.82) is 0 Å². The molecule has 6 nitrogen and oxygen atoms in total. The average Bonchev–Trinajstić information content (AvgIpc) is 2.57. The summed E-state index contributed by atoms with van der Waals surface area (Å²) in [5, 5.41) is 3.34. The van der Waals surface area contributed by atoms with E-state index >= 15 is 0 Å². The minimum absolute atomic E-state index is 0.0181. The first kappa shape index (κ1) is 19.8. The van der Waals surface area contributed by atoms with Gasteiger partial charge in [0.15, 0.2) is 5.96 Å². The van der Waals surface area contributed by atoms with Crippen molar-refractivity contribution < 1.29 is 9.53 Å². The Morgan fingerprint density at radius 2 is 1.96 bits per heavy atom. The van der Waals surface area contributed by atoms with Crippen LogP contribution in [-0.2, 0) is 11.3 Å². The molecule has 0 aliphatic heterocycles. The SMILES string of the molecule is CCCCNC(=NCC(=O)N(C)C)N(C)Cc1ccccc1OC. The number of carbonyl (C=O) groups excluding carboxylic acids is 1. The van der Waals surface area contributed by atoms with Crippen molar-refractivity contribution in [3.05, 3.63) is 29.8 Å². The van der Waals surface area contributed by atoms with E-state index in [0.717, 1.165) is 36.7 Å². The van der Waals surface area contributed by atoms with Gasteiger partial charge in [0.05, 0.1) is 7.11 Å². The number of rotatable bonds is 8. The molecule has 24 heavy (non-hydrogen) atoms. The standard InChI is InChI=1S/C18H30N4O2/c1-6-7-12-19-18(20-13-17(23)21(2)3)22(4)14-15-10-8-9-11-16(15)24-5/h8-11H,6-7,12-14H2,1-5H3,(H,19,20). The first-order valence-corrected chi connectivity index (χ1v) is 8.31. The Balaban J connectivity index is 2.83. The van der Waals surface area contributed by atoms with Gasteiger partial charge < -0.3 is 19.9 Å². The summed E-state index contributed by atoms with van der Waals surface area (Å²) in [6, 6.07) is 7.92. The summed E-state index contributed by atoms with van der Waals surface area (Å²) >= 11 is 0. The van der Waals surface area contributed by atoms with Gasteiger partial charge in [-0.1, -0.05) is 31.5 Å². The Morgan fingerprint density at radius 3 is 2.58 bits per heavy atom. The van der Waals surface area contributed by atoms with Crippen LogP contribution in [0.4, 0.5) is 0 Å². The Hall–Kier alpha value is -2.24. The minimum Gasteiger partial charge on any atom is -0.496 e. The molecule has 1 aromatic carbocycles. The number of hydrogen-bond acceptors (Lipinski definition) is 3. The maximum absolute atomic E-state index is 11.8. The fourth-order valence-corrected chi connectivity index (χ4v) is 2.14. The summed E-state index contributed by atoms with van der Waals surface area (Å²) in [5.41, 5.74) is 1.08. The van der Waals surface area contributed by atoms with Crippen molar-refractivity contribution in [1.82, 2.24) is 15.1 Å². The van der Waals surface area contributed by atoms with Crippen LogP contribution in [0.15, 0.2) is 29.3 Å². The molecule has 0 fully saturated rings. The lowest BCUT2D eigenvalue weighted by atomic mass is 10.2. The van der Waals surface area contributed by atoms with Gasteiger partial charge in [-0.25, -0.2) is 4.99 Å². The number of ether oxygens (including phenoxy) is 1. The molecule has 0 aromatic heterocycles. The van der Waals surface area contributed by atoms with Crippen molar-refractivity contribution >= 4 is 11.9 Å². The van der Waals surface area contributed by atoms with E-state index in [-0.39, 0.29) is 12.5 Å². The number of benzene rings is 1. The second-order valence-corrected chi connectivity index (χ2v) is 5.88. The lowest BCUT2D eigenvalue weighted by Crippen LogP contribution is -2.40. The molecule has 0 aliphatic carbocycles. The second-order valence-electron chi connectivity index (χ2n) is 5.88. The molecular formula is C18H30N4O2. The number of guanidine groups is 1. The zero-order valence-corrected chi connectivity index (χ0v) is 15.5. The van der Waals surface area contributed by atoms with Gasteiger partial charge in [0.2, 0.25) is 5.91 Å². The summed E-state index contributed by atoms with van der Waals surface area (Å²) in [4.78, 5) is 19.8. The second kappa shape index (κ2) is 10.5. The molecule has 0 atom stereocenters. The van der Waals surface area contributed by atoms with Gasteiger partial charge in [0.25, 0.3) is 0 Å². The summed E-state index contributed by atoms with van der Waals surface area (Å²) in [7, 11) is 7.11. The van der Waals surface area contributed by atoms with Crippen LogP contribution in [0, 0.1) is 0 Å². The van der Waals surface area contributed by atoms with Gasteiger partial charge in [0, 0.05) is 39.8 Å². The number of amides is 1. The van der Waals surface area contributed by atoms with Crippen LogP contribution in [0.5, 0.6) is 5.75 Å². The lowest BCUT2D eigenvalue weighted by molar-refractivity contribution is -0.127. The van der Waals surface area contributed by atoms with Crippen LogP contribution in [0.1, 0.15) is 25.3 Å². The average molecular weight is 334 g/mol. The summed E-state index contributed by atoms with van der Waals surface area (Å²) in [6.07, 6.45) is 2.16. The summed E-state index contributed by atoms with van der Waals surface area (Å²) in [5.74, 6) is 1.56. The highest BCUT2D eigenvalue weighted by molar-refractivity contribution is 5.84. The largest absolute Gasteiger partial charge is 0.496 e. The van der Waals surface area contributed by atoms with E-state index in [1.54, 1.807) is 26.1 Å². The van der Waals surface area contributed by atoms with Crippen molar-refractivity contribution in [3.8, 4) is 5.75 Å². The van der Waals surface area contributed by atoms with E-state index < -0.39 is 0 Å². The molecule has 1 N–H and O–H groups in total. The summed E-state index contributed by atoms with van der Waals surface area (Å²) < 4.78 is 5.41. The molecule has 0 spiro atoms. The molecule has 1 rings (SSSR count). The molecule has 0 heterocycles. The van der Waals surface area contributed by atoms with Crippen molar-refractivity contribution in [2.45, 2.75) is 26.3 Å². The monoisotopic (exact) mass is 334 g/mol. The smallest absolute Gasteiger partial charge is 0.243 e. The molecule has 0 bridgehead atoms. The van der Waals surface area contributed by atoms with Gasteiger partial charge in [0.1, 0.15) is 12.3 Å².